The molecule has 0 aromatic carbocycles. The molecule has 2 saturated heterocycles. The molecule has 0 spiro atoms. The van der Waals surface area contributed by atoms with Gasteiger partial charge in [-0.05, 0) is 32.9 Å². The normalized spacial score (nSPS) is 26.0. The number of aromatic nitrogens is 2. The van der Waals surface area contributed by atoms with Gasteiger partial charge in [0.25, 0.3) is 0 Å². The van der Waals surface area contributed by atoms with E-state index in [9.17, 15) is 13.2 Å². The molecule has 25 heavy (non-hydrogen) atoms. The molecule has 0 unspecified atom stereocenters. The Labute approximate surface area is 149 Å². The Kier molecular flexibility index (Phi) is 4.94. The summed E-state index contributed by atoms with van der Waals surface area (Å²) >= 11 is 0. The fourth-order valence-corrected chi connectivity index (χ4v) is 6.09. The minimum Gasteiger partial charge on any atom is -0.336 e. The van der Waals surface area contributed by atoms with E-state index in [0.717, 1.165) is 30.0 Å². The molecule has 0 saturated carbocycles. The van der Waals surface area contributed by atoms with Crippen molar-refractivity contribution < 1.29 is 13.2 Å². The van der Waals surface area contributed by atoms with Crippen LogP contribution in [0, 0.1) is 20.8 Å². The summed E-state index contributed by atoms with van der Waals surface area (Å²) < 4.78 is 26.1. The summed E-state index contributed by atoms with van der Waals surface area (Å²) in [4.78, 5) is 16.8. The van der Waals surface area contributed by atoms with E-state index in [1.165, 1.54) is 0 Å². The maximum Gasteiger partial charge on any atom is 0.224 e. The number of carbonyl (C=O) groups is 1. The van der Waals surface area contributed by atoms with Gasteiger partial charge in [-0.2, -0.15) is 5.10 Å². The van der Waals surface area contributed by atoms with Gasteiger partial charge >= 0.3 is 0 Å². The second-order valence-electron chi connectivity index (χ2n) is 7.20. The zero-order valence-electron chi connectivity index (χ0n) is 15.5. The molecule has 0 N–H and O–H groups in total. The van der Waals surface area contributed by atoms with Crippen LogP contribution in [0.4, 0.5) is 0 Å². The highest BCUT2D eigenvalue weighted by Gasteiger charge is 2.47. The number of hydrogen-bond donors (Lipinski definition) is 0. The number of aryl methyl sites for hydroxylation is 2. The predicted octanol–water partition coefficient (Wildman–Crippen LogP) is 0.528. The fraction of sp³-hybridized carbons (Fsp3) is 0.765. The minimum absolute atomic E-state index is 0.0352. The van der Waals surface area contributed by atoms with Crippen molar-refractivity contribution in [1.82, 2.24) is 19.6 Å². The van der Waals surface area contributed by atoms with Crippen molar-refractivity contribution in [2.45, 2.75) is 52.7 Å². The van der Waals surface area contributed by atoms with Crippen LogP contribution in [-0.4, -0.2) is 77.1 Å². The number of sulfone groups is 1. The molecular weight excluding hydrogens is 340 g/mol. The van der Waals surface area contributed by atoms with Crippen LogP contribution in [0.15, 0.2) is 0 Å². The van der Waals surface area contributed by atoms with E-state index in [1.54, 1.807) is 4.90 Å². The first-order chi connectivity index (χ1) is 11.7. The number of amides is 1. The van der Waals surface area contributed by atoms with E-state index < -0.39 is 9.84 Å². The summed E-state index contributed by atoms with van der Waals surface area (Å²) in [6, 6.07) is -0.253. The van der Waals surface area contributed by atoms with E-state index in [4.69, 9.17) is 0 Å². The summed E-state index contributed by atoms with van der Waals surface area (Å²) in [7, 11) is -3.07. The highest BCUT2D eigenvalue weighted by molar-refractivity contribution is 7.91. The molecule has 1 aromatic heterocycles. The minimum atomic E-state index is -3.07. The van der Waals surface area contributed by atoms with Gasteiger partial charge in [-0.25, -0.2) is 8.42 Å². The Balaban J connectivity index is 1.70. The van der Waals surface area contributed by atoms with E-state index >= 15 is 0 Å². The second kappa shape index (κ2) is 6.72. The molecule has 140 valence electrons. The molecule has 0 aliphatic carbocycles. The van der Waals surface area contributed by atoms with Gasteiger partial charge in [-0.1, -0.05) is 6.92 Å². The summed E-state index contributed by atoms with van der Waals surface area (Å²) in [5.41, 5.74) is 3.23. The molecule has 1 aromatic rings. The molecule has 7 nitrogen and oxygen atoms in total. The largest absolute Gasteiger partial charge is 0.336 e. The molecule has 0 radical (unpaired) electrons. The summed E-state index contributed by atoms with van der Waals surface area (Å²) in [6.45, 7) is 10.8. The number of carbonyl (C=O) groups excluding carboxylic acids is 1. The molecule has 1 amide bonds. The third-order valence-corrected chi connectivity index (χ3v) is 7.50. The number of likely N-dealkylation sites (N-methyl/N-ethyl adjacent to an activating group) is 1. The lowest BCUT2D eigenvalue weighted by molar-refractivity contribution is -0.137. The SMILES string of the molecule is CCN1CCN(C(=O)CCn2nc(C)c(C)c2C)[C@H]2CS(=O)(=O)C[C@H]21. The molecular formula is C17H28N4O3S. The summed E-state index contributed by atoms with van der Waals surface area (Å²) in [5, 5.41) is 4.48. The van der Waals surface area contributed by atoms with Crippen LogP contribution in [0.25, 0.3) is 0 Å². The van der Waals surface area contributed by atoms with Crippen LogP contribution in [0.2, 0.25) is 0 Å². The monoisotopic (exact) mass is 368 g/mol. The van der Waals surface area contributed by atoms with Crippen molar-refractivity contribution in [2.24, 2.45) is 0 Å². The first-order valence-corrected chi connectivity index (χ1v) is 10.8. The van der Waals surface area contributed by atoms with Crippen LogP contribution in [0.1, 0.15) is 30.3 Å². The number of nitrogens with zero attached hydrogens (tertiary/aromatic N) is 4. The Hall–Kier alpha value is -1.41. The van der Waals surface area contributed by atoms with Gasteiger partial charge < -0.3 is 4.90 Å². The Morgan fingerprint density at radius 3 is 2.44 bits per heavy atom. The van der Waals surface area contributed by atoms with Crippen molar-refractivity contribution in [3.8, 4) is 0 Å². The smallest absolute Gasteiger partial charge is 0.224 e. The lowest BCUT2D eigenvalue weighted by Gasteiger charge is -2.43. The van der Waals surface area contributed by atoms with Crippen molar-refractivity contribution in [3.05, 3.63) is 17.0 Å². The zero-order chi connectivity index (χ0) is 18.4. The van der Waals surface area contributed by atoms with Gasteiger partial charge in [-0.15, -0.1) is 0 Å². The number of rotatable bonds is 4. The molecule has 3 heterocycles. The molecule has 8 heteroatoms. The third-order valence-electron chi connectivity index (χ3n) is 5.80. The highest BCUT2D eigenvalue weighted by atomic mass is 32.2. The van der Waals surface area contributed by atoms with Crippen molar-refractivity contribution >= 4 is 15.7 Å². The molecule has 2 atom stereocenters. The van der Waals surface area contributed by atoms with Crippen LogP contribution >= 0.6 is 0 Å². The Morgan fingerprint density at radius 1 is 1.16 bits per heavy atom. The van der Waals surface area contributed by atoms with E-state index in [0.29, 0.717) is 19.5 Å². The summed E-state index contributed by atoms with van der Waals surface area (Å²) in [5.74, 6) is 0.304. The standard InChI is InChI=1S/C17H28N4O3S/c1-5-19-8-9-20(16-11-25(23,24)10-15(16)19)17(22)6-7-21-14(4)12(2)13(3)18-21/h15-16H,5-11H2,1-4H3/t15-,16+/m1/s1. The van der Waals surface area contributed by atoms with Crippen molar-refractivity contribution in [3.63, 3.8) is 0 Å². The van der Waals surface area contributed by atoms with Gasteiger partial charge in [0.15, 0.2) is 9.84 Å². The highest BCUT2D eigenvalue weighted by Crippen LogP contribution is 2.27. The quantitative estimate of drug-likeness (QED) is 0.775. The van der Waals surface area contributed by atoms with Crippen molar-refractivity contribution in [1.29, 1.82) is 0 Å². The maximum atomic E-state index is 12.8. The number of piperazine rings is 1. The molecule has 2 aliphatic rings. The van der Waals surface area contributed by atoms with Gasteiger partial charge in [0, 0.05) is 37.8 Å². The topological polar surface area (TPSA) is 75.5 Å². The molecule has 3 rings (SSSR count). The first-order valence-electron chi connectivity index (χ1n) is 8.98. The Morgan fingerprint density at radius 2 is 1.84 bits per heavy atom. The molecule has 2 fully saturated rings. The van der Waals surface area contributed by atoms with Gasteiger partial charge in [0.1, 0.15) is 0 Å². The third kappa shape index (κ3) is 3.46. The summed E-state index contributed by atoms with van der Waals surface area (Å²) in [6.07, 6.45) is 0.358. The van der Waals surface area contributed by atoms with E-state index in [-0.39, 0.29) is 29.5 Å². The number of hydrogen-bond acceptors (Lipinski definition) is 5. The van der Waals surface area contributed by atoms with Gasteiger partial charge in [0.2, 0.25) is 5.91 Å². The van der Waals surface area contributed by atoms with Gasteiger partial charge in [-0.3, -0.25) is 14.4 Å². The van der Waals surface area contributed by atoms with Crippen molar-refractivity contribution in [2.75, 3.05) is 31.1 Å². The fourth-order valence-electron chi connectivity index (χ4n) is 4.08. The van der Waals surface area contributed by atoms with Crippen LogP contribution in [0.3, 0.4) is 0 Å². The average molecular weight is 369 g/mol. The van der Waals surface area contributed by atoms with Crippen LogP contribution < -0.4 is 0 Å². The van der Waals surface area contributed by atoms with Gasteiger partial charge in [0.05, 0.1) is 23.2 Å². The maximum absolute atomic E-state index is 12.8. The first kappa shape index (κ1) is 18.4. The molecule has 2 aliphatic heterocycles. The van der Waals surface area contributed by atoms with Crippen LogP contribution in [-0.2, 0) is 21.2 Å². The second-order valence-corrected chi connectivity index (χ2v) is 9.35. The lowest BCUT2D eigenvalue weighted by Crippen LogP contribution is -2.60. The van der Waals surface area contributed by atoms with E-state index in [2.05, 4.69) is 10.00 Å². The zero-order valence-corrected chi connectivity index (χ0v) is 16.3. The molecule has 0 bridgehead atoms. The Bertz CT molecular complexity index is 771. The average Bonchev–Trinajstić information content (AvgIpc) is 3.01. The lowest BCUT2D eigenvalue weighted by atomic mass is 10.0. The van der Waals surface area contributed by atoms with E-state index in [1.807, 2.05) is 32.4 Å². The van der Waals surface area contributed by atoms with Crippen LogP contribution in [0.5, 0.6) is 0 Å². The predicted molar refractivity (Wildman–Crippen MR) is 96.2 cm³/mol. The number of fused-ring (bicyclic) bond motifs is 1.